The fourth-order valence-corrected chi connectivity index (χ4v) is 2.69. The van der Waals surface area contributed by atoms with E-state index in [4.69, 9.17) is 13.9 Å². The second-order valence-electron chi connectivity index (χ2n) is 6.28. The SMILES string of the molecule is COc1ccc(NC(=O)c2ccc(COC(=O)c3cc(C)oc3C)cc2)cc1. The Morgan fingerprint density at radius 2 is 1.68 bits per heavy atom. The zero-order chi connectivity index (χ0) is 20.1. The Morgan fingerprint density at radius 1 is 1.00 bits per heavy atom. The summed E-state index contributed by atoms with van der Waals surface area (Å²) in [4.78, 5) is 24.5. The van der Waals surface area contributed by atoms with Crippen LogP contribution >= 0.6 is 0 Å². The smallest absolute Gasteiger partial charge is 0.342 e. The molecule has 0 atom stereocenters. The highest BCUT2D eigenvalue weighted by atomic mass is 16.5. The van der Waals surface area contributed by atoms with Crippen molar-refractivity contribution in [1.82, 2.24) is 0 Å². The molecule has 1 amide bonds. The molecule has 0 aliphatic carbocycles. The summed E-state index contributed by atoms with van der Waals surface area (Å²) in [6.45, 7) is 3.61. The van der Waals surface area contributed by atoms with E-state index in [-0.39, 0.29) is 12.5 Å². The zero-order valence-electron chi connectivity index (χ0n) is 15.9. The third-order valence-electron chi connectivity index (χ3n) is 4.19. The van der Waals surface area contributed by atoms with E-state index in [1.807, 2.05) is 0 Å². The number of hydrogen-bond donors (Lipinski definition) is 1. The largest absolute Gasteiger partial charge is 0.497 e. The highest BCUT2D eigenvalue weighted by molar-refractivity contribution is 6.04. The number of anilines is 1. The van der Waals surface area contributed by atoms with E-state index in [2.05, 4.69) is 5.32 Å². The van der Waals surface area contributed by atoms with Gasteiger partial charge in [0, 0.05) is 11.3 Å². The monoisotopic (exact) mass is 379 g/mol. The van der Waals surface area contributed by atoms with Crippen LogP contribution < -0.4 is 10.1 Å². The number of methoxy groups -OCH3 is 1. The summed E-state index contributed by atoms with van der Waals surface area (Å²) in [5.41, 5.74) is 2.39. The highest BCUT2D eigenvalue weighted by Gasteiger charge is 2.15. The number of carbonyl (C=O) groups excluding carboxylic acids is 2. The third-order valence-corrected chi connectivity index (χ3v) is 4.19. The molecule has 0 aliphatic heterocycles. The van der Waals surface area contributed by atoms with Gasteiger partial charge in [0.25, 0.3) is 5.91 Å². The maximum atomic E-state index is 12.3. The molecule has 6 nitrogen and oxygen atoms in total. The van der Waals surface area contributed by atoms with Crippen LogP contribution in [-0.4, -0.2) is 19.0 Å². The topological polar surface area (TPSA) is 77.8 Å². The van der Waals surface area contributed by atoms with Gasteiger partial charge in [-0.25, -0.2) is 4.79 Å². The van der Waals surface area contributed by atoms with Crippen molar-refractivity contribution in [3.05, 3.63) is 82.8 Å². The van der Waals surface area contributed by atoms with Crippen molar-refractivity contribution in [2.24, 2.45) is 0 Å². The average Bonchev–Trinajstić information content (AvgIpc) is 3.05. The van der Waals surface area contributed by atoms with Gasteiger partial charge in [0.1, 0.15) is 29.4 Å². The van der Waals surface area contributed by atoms with Gasteiger partial charge < -0.3 is 19.2 Å². The molecule has 1 heterocycles. The molecular formula is C22H21NO5. The van der Waals surface area contributed by atoms with E-state index in [0.717, 1.165) is 11.3 Å². The maximum Gasteiger partial charge on any atom is 0.342 e. The molecule has 0 unspecified atom stereocenters. The van der Waals surface area contributed by atoms with E-state index < -0.39 is 5.97 Å². The number of hydrogen-bond acceptors (Lipinski definition) is 5. The van der Waals surface area contributed by atoms with Crippen LogP contribution in [0.5, 0.6) is 5.75 Å². The molecule has 3 aromatic rings. The summed E-state index contributed by atoms with van der Waals surface area (Å²) < 4.78 is 15.7. The van der Waals surface area contributed by atoms with Gasteiger partial charge in [-0.1, -0.05) is 12.1 Å². The number of nitrogens with one attached hydrogen (secondary N) is 1. The zero-order valence-corrected chi connectivity index (χ0v) is 15.9. The Morgan fingerprint density at radius 3 is 2.25 bits per heavy atom. The number of benzene rings is 2. The first-order valence-corrected chi connectivity index (χ1v) is 8.75. The van der Waals surface area contributed by atoms with Crippen molar-refractivity contribution >= 4 is 17.6 Å². The lowest BCUT2D eigenvalue weighted by Gasteiger charge is -2.08. The first-order valence-electron chi connectivity index (χ1n) is 8.75. The quantitative estimate of drug-likeness (QED) is 0.638. The van der Waals surface area contributed by atoms with Crippen molar-refractivity contribution in [3.8, 4) is 5.75 Å². The summed E-state index contributed by atoms with van der Waals surface area (Å²) in [5.74, 6) is 1.26. The summed E-state index contributed by atoms with van der Waals surface area (Å²) in [5, 5.41) is 2.82. The Bertz CT molecular complexity index is 971. The molecule has 1 N–H and O–H groups in total. The van der Waals surface area contributed by atoms with Crippen LogP contribution in [0.15, 0.2) is 59.0 Å². The third kappa shape index (κ3) is 4.59. The minimum atomic E-state index is -0.435. The molecule has 0 radical (unpaired) electrons. The first kappa shape index (κ1) is 19.2. The Balaban J connectivity index is 1.57. The lowest BCUT2D eigenvalue weighted by molar-refractivity contribution is 0.0470. The molecule has 1 aromatic heterocycles. The highest BCUT2D eigenvalue weighted by Crippen LogP contribution is 2.17. The van der Waals surface area contributed by atoms with Crippen LogP contribution in [0.25, 0.3) is 0 Å². The lowest BCUT2D eigenvalue weighted by Crippen LogP contribution is -2.12. The Kier molecular flexibility index (Phi) is 5.79. The van der Waals surface area contributed by atoms with Crippen molar-refractivity contribution < 1.29 is 23.5 Å². The van der Waals surface area contributed by atoms with E-state index in [1.165, 1.54) is 0 Å². The van der Waals surface area contributed by atoms with Gasteiger partial charge in [-0.05, 0) is 61.9 Å². The van der Waals surface area contributed by atoms with E-state index in [9.17, 15) is 9.59 Å². The molecule has 3 rings (SSSR count). The summed E-state index contributed by atoms with van der Waals surface area (Å²) in [6, 6.07) is 15.6. The van der Waals surface area contributed by atoms with Crippen molar-refractivity contribution in [1.29, 1.82) is 0 Å². The number of furan rings is 1. The van der Waals surface area contributed by atoms with E-state index >= 15 is 0 Å². The second-order valence-corrected chi connectivity index (χ2v) is 6.28. The minimum absolute atomic E-state index is 0.114. The molecule has 0 fully saturated rings. The normalized spacial score (nSPS) is 10.4. The molecule has 144 valence electrons. The number of esters is 1. The van der Waals surface area contributed by atoms with Crippen molar-refractivity contribution in [2.75, 3.05) is 12.4 Å². The predicted octanol–water partition coefficient (Wildman–Crippen LogP) is 4.51. The van der Waals surface area contributed by atoms with Crippen LogP contribution in [0.1, 0.15) is 37.8 Å². The standard InChI is InChI=1S/C22H21NO5/c1-14-12-20(15(2)28-14)22(25)27-13-16-4-6-17(7-5-16)21(24)23-18-8-10-19(26-3)11-9-18/h4-12H,13H2,1-3H3,(H,23,24). The fourth-order valence-electron chi connectivity index (χ4n) is 2.69. The molecule has 6 heteroatoms. The van der Waals surface area contributed by atoms with Crippen molar-refractivity contribution in [3.63, 3.8) is 0 Å². The molecule has 0 saturated heterocycles. The molecule has 0 aliphatic rings. The number of amides is 1. The number of ether oxygens (including phenoxy) is 2. The van der Waals surface area contributed by atoms with Crippen LogP contribution in [-0.2, 0) is 11.3 Å². The van der Waals surface area contributed by atoms with Crippen LogP contribution in [0.3, 0.4) is 0 Å². The molecule has 0 spiro atoms. The molecule has 2 aromatic carbocycles. The molecule has 28 heavy (non-hydrogen) atoms. The van der Waals surface area contributed by atoms with Crippen molar-refractivity contribution in [2.45, 2.75) is 20.5 Å². The van der Waals surface area contributed by atoms with Gasteiger partial charge in [-0.2, -0.15) is 0 Å². The molecule has 0 bridgehead atoms. The van der Waals surface area contributed by atoms with Crippen LogP contribution in [0, 0.1) is 13.8 Å². The van der Waals surface area contributed by atoms with E-state index in [1.54, 1.807) is 75.6 Å². The molecule has 0 saturated carbocycles. The van der Waals surface area contributed by atoms with Crippen LogP contribution in [0.2, 0.25) is 0 Å². The van der Waals surface area contributed by atoms with Gasteiger partial charge >= 0.3 is 5.97 Å². The first-order chi connectivity index (χ1) is 13.5. The van der Waals surface area contributed by atoms with Gasteiger partial charge in [0.2, 0.25) is 0 Å². The molecular weight excluding hydrogens is 358 g/mol. The Labute approximate surface area is 163 Å². The van der Waals surface area contributed by atoms with Crippen LogP contribution in [0.4, 0.5) is 5.69 Å². The van der Waals surface area contributed by atoms with Gasteiger partial charge in [0.05, 0.1) is 7.11 Å². The lowest BCUT2D eigenvalue weighted by atomic mass is 10.1. The van der Waals surface area contributed by atoms with E-state index in [0.29, 0.717) is 28.3 Å². The summed E-state index contributed by atoms with van der Waals surface area (Å²) >= 11 is 0. The number of carbonyl (C=O) groups is 2. The second kappa shape index (κ2) is 8.43. The summed E-state index contributed by atoms with van der Waals surface area (Å²) in [7, 11) is 1.59. The predicted molar refractivity (Wildman–Crippen MR) is 105 cm³/mol. The van der Waals surface area contributed by atoms with Gasteiger partial charge in [-0.3, -0.25) is 4.79 Å². The Hall–Kier alpha value is -3.54. The van der Waals surface area contributed by atoms with Gasteiger partial charge in [-0.15, -0.1) is 0 Å². The minimum Gasteiger partial charge on any atom is -0.497 e. The summed E-state index contributed by atoms with van der Waals surface area (Å²) in [6.07, 6.45) is 0. The average molecular weight is 379 g/mol. The number of rotatable bonds is 6. The van der Waals surface area contributed by atoms with Gasteiger partial charge in [0.15, 0.2) is 0 Å². The number of aryl methyl sites for hydroxylation is 2. The maximum absolute atomic E-state index is 12.3. The fraction of sp³-hybridized carbons (Fsp3) is 0.182.